The highest BCUT2D eigenvalue weighted by Gasteiger charge is 2.65. The Hall–Kier alpha value is -3.34. The van der Waals surface area contributed by atoms with Crippen molar-refractivity contribution >= 4 is 40.7 Å². The quantitative estimate of drug-likeness (QED) is 0.429. The standard InChI is InChI=1S/C28H21Cl2NO3/c1-2-17-11-14-23-26(33)31(20-10-6-9-19(29)15-20)27(34)28(23,18-7-4-3-5-8-18)25(17)22-13-12-21(32)16-24(22)30/h2-13,15-16,23,25,32H,1,14H2. The topological polar surface area (TPSA) is 57.6 Å². The van der Waals surface area contributed by atoms with E-state index in [-0.39, 0.29) is 17.6 Å². The van der Waals surface area contributed by atoms with E-state index in [1.54, 1.807) is 42.5 Å². The molecule has 0 aromatic heterocycles. The summed E-state index contributed by atoms with van der Waals surface area (Å²) in [6, 6.07) is 20.8. The Kier molecular flexibility index (Phi) is 5.59. The molecule has 2 amide bonds. The summed E-state index contributed by atoms with van der Waals surface area (Å²) < 4.78 is 0. The Bertz CT molecular complexity index is 1350. The van der Waals surface area contributed by atoms with Gasteiger partial charge in [0.25, 0.3) is 0 Å². The van der Waals surface area contributed by atoms with Crippen LogP contribution in [0.1, 0.15) is 23.5 Å². The molecule has 0 spiro atoms. The van der Waals surface area contributed by atoms with Gasteiger partial charge in [0.1, 0.15) is 5.75 Å². The average molecular weight is 490 g/mol. The van der Waals surface area contributed by atoms with Gasteiger partial charge in [0.05, 0.1) is 17.0 Å². The molecule has 1 saturated heterocycles. The number of halogens is 2. The average Bonchev–Trinajstić information content (AvgIpc) is 3.06. The normalized spacial score (nSPS) is 24.1. The van der Waals surface area contributed by atoms with Crippen LogP contribution >= 0.6 is 23.2 Å². The number of amides is 2. The van der Waals surface area contributed by atoms with Gasteiger partial charge in [0.2, 0.25) is 11.8 Å². The molecule has 3 aromatic carbocycles. The lowest BCUT2D eigenvalue weighted by Crippen LogP contribution is -2.48. The molecule has 3 aromatic rings. The number of phenols is 1. The van der Waals surface area contributed by atoms with Gasteiger partial charge in [0, 0.05) is 16.0 Å². The van der Waals surface area contributed by atoms with Crippen LogP contribution in [0.25, 0.3) is 0 Å². The Morgan fingerprint density at radius 2 is 1.76 bits per heavy atom. The van der Waals surface area contributed by atoms with Crippen molar-refractivity contribution in [1.29, 1.82) is 0 Å². The summed E-state index contributed by atoms with van der Waals surface area (Å²) in [7, 11) is 0. The van der Waals surface area contributed by atoms with Crippen molar-refractivity contribution in [2.75, 3.05) is 4.90 Å². The van der Waals surface area contributed by atoms with Gasteiger partial charge in [-0.15, -0.1) is 0 Å². The molecule has 1 N–H and O–H groups in total. The molecule has 0 bridgehead atoms. The van der Waals surface area contributed by atoms with Crippen LogP contribution in [-0.2, 0) is 15.0 Å². The smallest absolute Gasteiger partial charge is 0.246 e. The Morgan fingerprint density at radius 3 is 2.44 bits per heavy atom. The molecule has 2 aliphatic rings. The second kappa shape index (κ2) is 8.46. The van der Waals surface area contributed by atoms with Crippen molar-refractivity contribution in [3.63, 3.8) is 0 Å². The molecule has 0 saturated carbocycles. The molecular formula is C28H21Cl2NO3. The number of hydrogen-bond donors (Lipinski definition) is 1. The van der Waals surface area contributed by atoms with Crippen LogP contribution in [0, 0.1) is 5.92 Å². The summed E-state index contributed by atoms with van der Waals surface area (Å²) in [6.07, 6.45) is 4.05. The molecule has 0 radical (unpaired) electrons. The van der Waals surface area contributed by atoms with Gasteiger partial charge in [-0.25, -0.2) is 4.90 Å². The third-order valence-electron chi connectivity index (χ3n) is 6.85. The number of carbonyl (C=O) groups excluding carboxylic acids is 2. The monoisotopic (exact) mass is 489 g/mol. The van der Waals surface area contributed by atoms with Crippen LogP contribution in [0.3, 0.4) is 0 Å². The summed E-state index contributed by atoms with van der Waals surface area (Å²) in [5.41, 5.74) is 1.36. The van der Waals surface area contributed by atoms with Crippen LogP contribution < -0.4 is 4.90 Å². The van der Waals surface area contributed by atoms with E-state index in [1.807, 2.05) is 36.4 Å². The molecule has 170 valence electrons. The van der Waals surface area contributed by atoms with E-state index in [4.69, 9.17) is 23.2 Å². The summed E-state index contributed by atoms with van der Waals surface area (Å²) in [5, 5.41) is 10.7. The maximum atomic E-state index is 14.5. The fourth-order valence-corrected chi connectivity index (χ4v) is 5.94. The van der Waals surface area contributed by atoms with E-state index in [2.05, 4.69) is 6.58 Å². The van der Waals surface area contributed by atoms with E-state index >= 15 is 0 Å². The molecule has 1 aliphatic carbocycles. The minimum Gasteiger partial charge on any atom is -0.508 e. The molecule has 6 heteroatoms. The fourth-order valence-electron chi connectivity index (χ4n) is 5.47. The highest BCUT2D eigenvalue weighted by molar-refractivity contribution is 6.33. The fraction of sp³-hybridized carbons (Fsp3) is 0.143. The van der Waals surface area contributed by atoms with Crippen molar-refractivity contribution in [2.24, 2.45) is 5.92 Å². The maximum absolute atomic E-state index is 14.5. The second-order valence-electron chi connectivity index (χ2n) is 8.53. The highest BCUT2D eigenvalue weighted by atomic mass is 35.5. The number of imide groups is 1. The molecule has 3 atom stereocenters. The van der Waals surface area contributed by atoms with Gasteiger partial charge in [-0.1, -0.05) is 84.4 Å². The predicted octanol–water partition coefficient (Wildman–Crippen LogP) is 6.43. The number of fused-ring (bicyclic) bond motifs is 1. The van der Waals surface area contributed by atoms with Gasteiger partial charge < -0.3 is 5.11 Å². The number of carbonyl (C=O) groups is 2. The first-order valence-electron chi connectivity index (χ1n) is 10.9. The first-order chi connectivity index (χ1) is 16.4. The molecule has 1 fully saturated rings. The molecule has 34 heavy (non-hydrogen) atoms. The van der Waals surface area contributed by atoms with E-state index in [9.17, 15) is 14.7 Å². The third kappa shape index (κ3) is 3.21. The largest absolute Gasteiger partial charge is 0.508 e. The van der Waals surface area contributed by atoms with Crippen molar-refractivity contribution in [3.05, 3.63) is 118 Å². The second-order valence-corrected chi connectivity index (χ2v) is 9.37. The first-order valence-corrected chi connectivity index (χ1v) is 11.7. The summed E-state index contributed by atoms with van der Waals surface area (Å²) in [6.45, 7) is 3.99. The zero-order valence-electron chi connectivity index (χ0n) is 18.1. The van der Waals surface area contributed by atoms with Gasteiger partial charge in [-0.3, -0.25) is 9.59 Å². The molecule has 4 nitrogen and oxygen atoms in total. The van der Waals surface area contributed by atoms with Gasteiger partial charge in [-0.05, 0) is 53.5 Å². The van der Waals surface area contributed by atoms with Crippen molar-refractivity contribution in [2.45, 2.75) is 17.8 Å². The van der Waals surface area contributed by atoms with Crippen LogP contribution in [-0.4, -0.2) is 16.9 Å². The Morgan fingerprint density at radius 1 is 1.00 bits per heavy atom. The van der Waals surface area contributed by atoms with Crippen molar-refractivity contribution in [1.82, 2.24) is 0 Å². The number of benzene rings is 3. The summed E-state index contributed by atoms with van der Waals surface area (Å²) in [5.74, 6) is -1.83. The molecule has 1 aliphatic heterocycles. The molecular weight excluding hydrogens is 469 g/mol. The van der Waals surface area contributed by atoms with E-state index in [0.29, 0.717) is 27.7 Å². The number of hydrogen-bond acceptors (Lipinski definition) is 3. The number of rotatable bonds is 4. The third-order valence-corrected chi connectivity index (χ3v) is 7.41. The number of anilines is 1. The zero-order valence-corrected chi connectivity index (χ0v) is 19.6. The summed E-state index contributed by atoms with van der Waals surface area (Å²) >= 11 is 12.8. The van der Waals surface area contributed by atoms with Crippen LogP contribution in [0.4, 0.5) is 5.69 Å². The van der Waals surface area contributed by atoms with Gasteiger partial charge in [-0.2, -0.15) is 0 Å². The Labute approximate surface area is 207 Å². The maximum Gasteiger partial charge on any atom is 0.246 e. The van der Waals surface area contributed by atoms with E-state index in [1.165, 1.54) is 11.0 Å². The zero-order chi connectivity index (χ0) is 24.0. The SMILES string of the molecule is C=CC1=CCC2C(=O)N(c3cccc(Cl)c3)C(=O)C2(c2ccccc2)C1c1ccc(O)cc1Cl. The summed E-state index contributed by atoms with van der Waals surface area (Å²) in [4.78, 5) is 29.7. The number of nitrogens with zero attached hydrogens (tertiary/aromatic N) is 1. The molecule has 5 rings (SSSR count). The van der Waals surface area contributed by atoms with Crippen molar-refractivity contribution in [3.8, 4) is 5.75 Å². The minimum atomic E-state index is -1.25. The number of phenolic OH excluding ortho intramolecular Hbond substituents is 1. The number of aromatic hydroxyl groups is 1. The van der Waals surface area contributed by atoms with Crippen molar-refractivity contribution < 1.29 is 14.7 Å². The van der Waals surface area contributed by atoms with Crippen LogP contribution in [0.2, 0.25) is 10.0 Å². The highest BCUT2D eigenvalue weighted by Crippen LogP contribution is 2.59. The lowest BCUT2D eigenvalue weighted by Gasteiger charge is -2.43. The Balaban J connectivity index is 1.83. The van der Waals surface area contributed by atoms with Crippen LogP contribution in [0.5, 0.6) is 5.75 Å². The molecule has 3 unspecified atom stereocenters. The van der Waals surface area contributed by atoms with E-state index < -0.39 is 17.3 Å². The van der Waals surface area contributed by atoms with Crippen LogP contribution in [0.15, 0.2) is 97.1 Å². The minimum absolute atomic E-state index is 0.0217. The lowest BCUT2D eigenvalue weighted by atomic mass is 9.56. The predicted molar refractivity (Wildman–Crippen MR) is 134 cm³/mol. The van der Waals surface area contributed by atoms with E-state index in [0.717, 1.165) is 11.1 Å². The lowest BCUT2D eigenvalue weighted by molar-refractivity contribution is -0.123. The number of allylic oxidation sites excluding steroid dienone is 3. The van der Waals surface area contributed by atoms with Gasteiger partial charge >= 0.3 is 0 Å². The molecule has 1 heterocycles. The van der Waals surface area contributed by atoms with Gasteiger partial charge in [0.15, 0.2) is 0 Å². The first kappa shape index (κ1) is 22.5.